The molecule has 1 saturated heterocycles. The topological polar surface area (TPSA) is 61.4 Å². The molecular formula is C17H27N3O2S. The van der Waals surface area contributed by atoms with Gasteiger partial charge in [-0.05, 0) is 57.1 Å². The van der Waals surface area contributed by atoms with E-state index in [2.05, 4.69) is 29.4 Å². The van der Waals surface area contributed by atoms with Crippen LogP contribution in [0.3, 0.4) is 0 Å². The lowest BCUT2D eigenvalue weighted by molar-refractivity contribution is -0.122. The summed E-state index contributed by atoms with van der Waals surface area (Å²) in [6, 6.07) is 3.38. The van der Waals surface area contributed by atoms with Crippen molar-refractivity contribution in [3.63, 3.8) is 0 Å². The molecule has 1 aliphatic rings. The van der Waals surface area contributed by atoms with Crippen molar-refractivity contribution in [2.45, 2.75) is 45.7 Å². The lowest BCUT2D eigenvalue weighted by atomic mass is 9.98. The number of amides is 2. The SMILES string of the molecule is CC1CCN([C@H](C)CNC(=O)[C@H](C)NC(=O)c2cccs2)CC1. The van der Waals surface area contributed by atoms with Gasteiger partial charge in [-0.2, -0.15) is 0 Å². The molecule has 0 saturated carbocycles. The third-order valence-electron chi connectivity index (χ3n) is 4.50. The summed E-state index contributed by atoms with van der Waals surface area (Å²) in [4.78, 5) is 27.1. The predicted molar refractivity (Wildman–Crippen MR) is 93.7 cm³/mol. The number of likely N-dealkylation sites (tertiary alicyclic amines) is 1. The number of nitrogens with zero attached hydrogens (tertiary/aromatic N) is 1. The van der Waals surface area contributed by atoms with E-state index in [0.717, 1.165) is 19.0 Å². The van der Waals surface area contributed by atoms with Gasteiger partial charge in [-0.3, -0.25) is 14.5 Å². The average Bonchev–Trinajstić information content (AvgIpc) is 3.07. The van der Waals surface area contributed by atoms with Crippen molar-refractivity contribution < 1.29 is 9.59 Å². The maximum Gasteiger partial charge on any atom is 0.261 e. The van der Waals surface area contributed by atoms with Crippen LogP contribution in [0, 0.1) is 5.92 Å². The van der Waals surface area contributed by atoms with E-state index in [-0.39, 0.29) is 11.8 Å². The quantitative estimate of drug-likeness (QED) is 0.836. The van der Waals surface area contributed by atoms with Gasteiger partial charge >= 0.3 is 0 Å². The molecule has 2 amide bonds. The molecule has 2 N–H and O–H groups in total. The summed E-state index contributed by atoms with van der Waals surface area (Å²) in [6.07, 6.45) is 2.46. The van der Waals surface area contributed by atoms with E-state index in [0.29, 0.717) is 17.5 Å². The first-order valence-corrected chi connectivity index (χ1v) is 9.21. The molecule has 1 aromatic rings. The number of rotatable bonds is 6. The minimum absolute atomic E-state index is 0.132. The largest absolute Gasteiger partial charge is 0.353 e. The molecule has 1 aliphatic heterocycles. The Kier molecular flexibility index (Phi) is 6.59. The Morgan fingerprint density at radius 1 is 1.35 bits per heavy atom. The van der Waals surface area contributed by atoms with E-state index in [4.69, 9.17) is 0 Å². The fourth-order valence-corrected chi connectivity index (χ4v) is 3.37. The molecule has 128 valence electrons. The number of hydrogen-bond donors (Lipinski definition) is 2. The summed E-state index contributed by atoms with van der Waals surface area (Å²) >= 11 is 1.37. The van der Waals surface area contributed by atoms with Crippen LogP contribution in [-0.2, 0) is 4.79 Å². The van der Waals surface area contributed by atoms with Crippen molar-refractivity contribution in [2.75, 3.05) is 19.6 Å². The van der Waals surface area contributed by atoms with Crippen molar-refractivity contribution >= 4 is 23.2 Å². The molecule has 1 aromatic heterocycles. The van der Waals surface area contributed by atoms with Gasteiger partial charge in [-0.1, -0.05) is 13.0 Å². The fraction of sp³-hybridized carbons (Fsp3) is 0.647. The molecular weight excluding hydrogens is 310 g/mol. The smallest absolute Gasteiger partial charge is 0.261 e. The zero-order chi connectivity index (χ0) is 16.8. The number of nitrogens with one attached hydrogen (secondary N) is 2. The van der Waals surface area contributed by atoms with Gasteiger partial charge in [0, 0.05) is 12.6 Å². The van der Waals surface area contributed by atoms with Gasteiger partial charge in [0.25, 0.3) is 5.91 Å². The molecule has 2 heterocycles. The lowest BCUT2D eigenvalue weighted by Gasteiger charge is -2.35. The Bertz CT molecular complexity index is 510. The van der Waals surface area contributed by atoms with Crippen molar-refractivity contribution in [2.24, 2.45) is 5.92 Å². The number of carbonyl (C=O) groups excluding carboxylic acids is 2. The zero-order valence-corrected chi connectivity index (χ0v) is 15.0. The Morgan fingerprint density at radius 3 is 2.65 bits per heavy atom. The Balaban J connectivity index is 1.72. The molecule has 0 radical (unpaired) electrons. The fourth-order valence-electron chi connectivity index (χ4n) is 2.74. The highest BCUT2D eigenvalue weighted by molar-refractivity contribution is 7.12. The first-order chi connectivity index (χ1) is 11.0. The minimum Gasteiger partial charge on any atom is -0.353 e. The number of thiophene rings is 1. The second-order valence-corrected chi connectivity index (χ2v) is 7.43. The molecule has 6 heteroatoms. The van der Waals surface area contributed by atoms with Gasteiger partial charge in [-0.15, -0.1) is 11.3 Å². The van der Waals surface area contributed by atoms with Gasteiger partial charge in [0.15, 0.2) is 0 Å². The lowest BCUT2D eigenvalue weighted by Crippen LogP contribution is -2.50. The summed E-state index contributed by atoms with van der Waals surface area (Å²) in [5.74, 6) is 0.480. The van der Waals surface area contributed by atoms with Crippen LogP contribution >= 0.6 is 11.3 Å². The van der Waals surface area contributed by atoms with Crippen LogP contribution in [0.2, 0.25) is 0 Å². The first kappa shape index (κ1) is 17.9. The van der Waals surface area contributed by atoms with E-state index in [1.807, 2.05) is 11.4 Å². The predicted octanol–water partition coefficient (Wildman–Crippen LogP) is 2.10. The molecule has 2 rings (SSSR count). The van der Waals surface area contributed by atoms with E-state index in [9.17, 15) is 9.59 Å². The number of hydrogen-bond acceptors (Lipinski definition) is 4. The van der Waals surface area contributed by atoms with Crippen molar-refractivity contribution in [1.29, 1.82) is 0 Å². The third kappa shape index (κ3) is 5.32. The minimum atomic E-state index is -0.529. The van der Waals surface area contributed by atoms with Gasteiger partial charge in [-0.25, -0.2) is 0 Å². The van der Waals surface area contributed by atoms with Crippen LogP contribution in [-0.4, -0.2) is 48.4 Å². The summed E-state index contributed by atoms with van der Waals surface area (Å²) in [5, 5.41) is 7.53. The molecule has 23 heavy (non-hydrogen) atoms. The van der Waals surface area contributed by atoms with E-state index in [1.165, 1.54) is 24.2 Å². The Hall–Kier alpha value is -1.40. The van der Waals surface area contributed by atoms with Crippen molar-refractivity contribution in [1.82, 2.24) is 15.5 Å². The molecule has 0 bridgehead atoms. The Morgan fingerprint density at radius 2 is 2.04 bits per heavy atom. The maximum absolute atomic E-state index is 12.1. The molecule has 0 aromatic carbocycles. The van der Waals surface area contributed by atoms with Gasteiger partial charge in [0.2, 0.25) is 5.91 Å². The normalized spacial score (nSPS) is 19.1. The van der Waals surface area contributed by atoms with E-state index < -0.39 is 6.04 Å². The summed E-state index contributed by atoms with van der Waals surface area (Å²) in [7, 11) is 0. The van der Waals surface area contributed by atoms with E-state index in [1.54, 1.807) is 13.0 Å². The molecule has 2 atom stereocenters. The Labute approximate surface area is 142 Å². The summed E-state index contributed by atoms with van der Waals surface area (Å²) in [6.45, 7) is 8.97. The highest BCUT2D eigenvalue weighted by atomic mass is 32.1. The summed E-state index contributed by atoms with van der Waals surface area (Å²) in [5.41, 5.74) is 0. The maximum atomic E-state index is 12.1. The zero-order valence-electron chi connectivity index (χ0n) is 14.2. The highest BCUT2D eigenvalue weighted by Gasteiger charge is 2.22. The number of carbonyl (C=O) groups is 2. The highest BCUT2D eigenvalue weighted by Crippen LogP contribution is 2.17. The van der Waals surface area contributed by atoms with Crippen LogP contribution in [0.4, 0.5) is 0 Å². The van der Waals surface area contributed by atoms with Gasteiger partial charge < -0.3 is 10.6 Å². The molecule has 0 unspecified atom stereocenters. The first-order valence-electron chi connectivity index (χ1n) is 8.33. The standard InChI is InChI=1S/C17H27N3O2S/c1-12-6-8-20(9-7-12)13(2)11-18-16(21)14(3)19-17(22)15-5-4-10-23-15/h4-5,10,12-14H,6-9,11H2,1-3H3,(H,18,21)(H,19,22)/t13-,14+/m1/s1. The van der Waals surface area contributed by atoms with Crippen LogP contribution in [0.5, 0.6) is 0 Å². The van der Waals surface area contributed by atoms with E-state index >= 15 is 0 Å². The third-order valence-corrected chi connectivity index (χ3v) is 5.37. The summed E-state index contributed by atoms with van der Waals surface area (Å²) < 4.78 is 0. The molecule has 0 aliphatic carbocycles. The molecule has 1 fully saturated rings. The van der Waals surface area contributed by atoms with Crippen LogP contribution in [0.1, 0.15) is 43.3 Å². The van der Waals surface area contributed by atoms with Crippen LogP contribution in [0.15, 0.2) is 17.5 Å². The average molecular weight is 337 g/mol. The van der Waals surface area contributed by atoms with Gasteiger partial charge in [0.1, 0.15) is 6.04 Å². The van der Waals surface area contributed by atoms with Crippen molar-refractivity contribution in [3.05, 3.63) is 22.4 Å². The van der Waals surface area contributed by atoms with Gasteiger partial charge in [0.05, 0.1) is 4.88 Å². The molecule has 0 spiro atoms. The second-order valence-electron chi connectivity index (χ2n) is 6.49. The number of piperidine rings is 1. The second kappa shape index (κ2) is 8.45. The van der Waals surface area contributed by atoms with Crippen LogP contribution < -0.4 is 10.6 Å². The van der Waals surface area contributed by atoms with Crippen molar-refractivity contribution in [3.8, 4) is 0 Å². The monoisotopic (exact) mass is 337 g/mol. The molecule has 5 nitrogen and oxygen atoms in total. The van der Waals surface area contributed by atoms with Crippen LogP contribution in [0.25, 0.3) is 0 Å².